The fourth-order valence-corrected chi connectivity index (χ4v) is 2.78. The van der Waals surface area contributed by atoms with E-state index in [1.165, 1.54) is 0 Å². The number of hydrogen-bond acceptors (Lipinski definition) is 5. The Morgan fingerprint density at radius 2 is 2.12 bits per heavy atom. The highest BCUT2D eigenvalue weighted by Gasteiger charge is 2.26. The molecule has 1 saturated heterocycles. The van der Waals surface area contributed by atoms with Crippen molar-refractivity contribution in [2.24, 2.45) is 5.92 Å². The van der Waals surface area contributed by atoms with Crippen LogP contribution in [0.3, 0.4) is 0 Å². The number of aromatic nitrogens is 2. The van der Waals surface area contributed by atoms with Crippen molar-refractivity contribution in [2.45, 2.75) is 26.3 Å². The van der Waals surface area contributed by atoms with Crippen LogP contribution in [0.15, 0.2) is 36.7 Å². The van der Waals surface area contributed by atoms with Crippen LogP contribution in [0.2, 0.25) is 0 Å². The summed E-state index contributed by atoms with van der Waals surface area (Å²) in [6.45, 7) is 5.33. The number of rotatable bonds is 4. The van der Waals surface area contributed by atoms with Crippen molar-refractivity contribution in [3.63, 3.8) is 0 Å². The lowest BCUT2D eigenvalue weighted by molar-refractivity contribution is -0.124. The van der Waals surface area contributed by atoms with Crippen molar-refractivity contribution in [1.29, 1.82) is 0 Å². The lowest BCUT2D eigenvalue weighted by Gasteiger charge is -2.19. The number of amides is 1. The smallest absolute Gasteiger partial charge is 0.222 e. The summed E-state index contributed by atoms with van der Waals surface area (Å²) in [7, 11) is 0. The summed E-state index contributed by atoms with van der Waals surface area (Å²) < 4.78 is 0. The molecule has 126 valence electrons. The van der Waals surface area contributed by atoms with Crippen molar-refractivity contribution >= 4 is 11.7 Å². The third kappa shape index (κ3) is 3.48. The van der Waals surface area contributed by atoms with Crippen molar-refractivity contribution in [3.05, 3.63) is 36.7 Å². The van der Waals surface area contributed by atoms with Crippen LogP contribution in [0, 0.1) is 5.92 Å². The Hall–Kier alpha value is -2.63. The Bertz CT molecular complexity index is 732. The molecule has 0 radical (unpaired) electrons. The molecule has 1 aromatic carbocycles. The molecule has 2 aromatic rings. The number of nitrogens with one attached hydrogen (secondary N) is 1. The maximum atomic E-state index is 11.8. The molecule has 2 heterocycles. The largest absolute Gasteiger partial charge is 0.507 e. The monoisotopic (exact) mass is 326 g/mol. The van der Waals surface area contributed by atoms with E-state index >= 15 is 0 Å². The fraction of sp³-hybridized carbons (Fsp3) is 0.389. The van der Waals surface area contributed by atoms with E-state index in [1.807, 2.05) is 26.0 Å². The van der Waals surface area contributed by atoms with Crippen molar-refractivity contribution in [3.8, 4) is 17.0 Å². The Balaban J connectivity index is 1.74. The van der Waals surface area contributed by atoms with Gasteiger partial charge in [0.15, 0.2) is 0 Å². The Morgan fingerprint density at radius 1 is 1.33 bits per heavy atom. The first kappa shape index (κ1) is 16.2. The zero-order valence-electron chi connectivity index (χ0n) is 13.9. The van der Waals surface area contributed by atoms with Gasteiger partial charge in [-0.2, -0.15) is 0 Å². The van der Waals surface area contributed by atoms with Crippen LogP contribution >= 0.6 is 0 Å². The van der Waals surface area contributed by atoms with Gasteiger partial charge in [0, 0.05) is 30.6 Å². The van der Waals surface area contributed by atoms with Gasteiger partial charge in [0.05, 0.1) is 18.1 Å². The standard InChI is InChI=1S/C18H22N4O2/c1-12(2)18(24)20-13-7-8-22(11-13)17-10-19-9-15(21-17)14-5-3-4-6-16(14)23/h3-6,9-10,12-13,23H,7-8,11H2,1-2H3,(H,20,24)/t13-/m1/s1. The van der Waals surface area contributed by atoms with E-state index in [9.17, 15) is 9.90 Å². The summed E-state index contributed by atoms with van der Waals surface area (Å²) in [4.78, 5) is 22.8. The quantitative estimate of drug-likeness (QED) is 0.900. The summed E-state index contributed by atoms with van der Waals surface area (Å²) in [6.07, 6.45) is 4.25. The van der Waals surface area contributed by atoms with E-state index in [1.54, 1.807) is 24.5 Å². The molecule has 3 rings (SSSR count). The van der Waals surface area contributed by atoms with E-state index in [2.05, 4.69) is 20.2 Å². The number of nitrogens with zero attached hydrogens (tertiary/aromatic N) is 3. The molecular weight excluding hydrogens is 304 g/mol. The molecule has 2 N–H and O–H groups in total. The second kappa shape index (κ2) is 6.86. The van der Waals surface area contributed by atoms with Crippen LogP contribution in [-0.2, 0) is 4.79 Å². The summed E-state index contributed by atoms with van der Waals surface area (Å²) >= 11 is 0. The van der Waals surface area contributed by atoms with Gasteiger partial charge in [-0.15, -0.1) is 0 Å². The van der Waals surface area contributed by atoms with Gasteiger partial charge in [0.2, 0.25) is 5.91 Å². The van der Waals surface area contributed by atoms with E-state index in [0.717, 1.165) is 25.3 Å². The zero-order valence-corrected chi connectivity index (χ0v) is 13.9. The van der Waals surface area contributed by atoms with Crippen LogP contribution in [0.5, 0.6) is 5.75 Å². The zero-order chi connectivity index (χ0) is 17.1. The van der Waals surface area contributed by atoms with Gasteiger partial charge in [-0.05, 0) is 18.6 Å². The van der Waals surface area contributed by atoms with Crippen LogP contribution < -0.4 is 10.2 Å². The number of phenols is 1. The molecule has 1 aliphatic heterocycles. The Kier molecular flexibility index (Phi) is 4.64. The summed E-state index contributed by atoms with van der Waals surface area (Å²) in [5, 5.41) is 13.0. The summed E-state index contributed by atoms with van der Waals surface area (Å²) in [5.74, 6) is 1.02. The predicted octanol–water partition coefficient (Wildman–Crippen LogP) is 2.20. The average molecular weight is 326 g/mol. The number of aromatic hydroxyl groups is 1. The molecule has 1 fully saturated rings. The third-order valence-corrected chi connectivity index (χ3v) is 4.18. The topological polar surface area (TPSA) is 78.4 Å². The minimum atomic E-state index is -0.0109. The summed E-state index contributed by atoms with van der Waals surface area (Å²) in [6, 6.07) is 7.22. The van der Waals surface area contributed by atoms with Gasteiger partial charge in [-0.25, -0.2) is 4.98 Å². The highest BCUT2D eigenvalue weighted by molar-refractivity contribution is 5.78. The van der Waals surface area contributed by atoms with Gasteiger partial charge < -0.3 is 15.3 Å². The Morgan fingerprint density at radius 3 is 2.88 bits per heavy atom. The highest BCUT2D eigenvalue weighted by Crippen LogP contribution is 2.28. The highest BCUT2D eigenvalue weighted by atomic mass is 16.3. The van der Waals surface area contributed by atoms with Gasteiger partial charge in [-0.3, -0.25) is 9.78 Å². The van der Waals surface area contributed by atoms with Crippen molar-refractivity contribution < 1.29 is 9.90 Å². The summed E-state index contributed by atoms with van der Waals surface area (Å²) in [5.41, 5.74) is 1.30. The second-order valence-electron chi connectivity index (χ2n) is 6.37. The SMILES string of the molecule is CC(C)C(=O)N[C@@H]1CCN(c2cncc(-c3ccccc3O)n2)C1. The molecule has 0 spiro atoms. The van der Waals surface area contributed by atoms with Crippen LogP contribution in [0.4, 0.5) is 5.82 Å². The number of anilines is 1. The van der Waals surface area contributed by atoms with Crippen LogP contribution in [-0.4, -0.2) is 40.1 Å². The Labute approximate surface area is 141 Å². The number of carbonyl (C=O) groups is 1. The minimum absolute atomic E-state index is 0.0109. The number of hydrogen-bond donors (Lipinski definition) is 2. The average Bonchev–Trinajstić information content (AvgIpc) is 3.04. The lowest BCUT2D eigenvalue weighted by atomic mass is 10.1. The molecule has 0 unspecified atom stereocenters. The van der Waals surface area contributed by atoms with Gasteiger partial charge in [0.1, 0.15) is 11.6 Å². The van der Waals surface area contributed by atoms with Gasteiger partial charge >= 0.3 is 0 Å². The molecule has 0 saturated carbocycles. The molecule has 6 heteroatoms. The number of carbonyl (C=O) groups excluding carboxylic acids is 1. The molecule has 1 amide bonds. The van der Waals surface area contributed by atoms with Crippen molar-refractivity contribution in [1.82, 2.24) is 15.3 Å². The first-order chi connectivity index (χ1) is 11.5. The number of benzene rings is 1. The molecule has 1 atom stereocenters. The maximum absolute atomic E-state index is 11.8. The van der Waals surface area contributed by atoms with Crippen molar-refractivity contribution in [2.75, 3.05) is 18.0 Å². The van der Waals surface area contributed by atoms with Gasteiger partial charge in [-0.1, -0.05) is 26.0 Å². The number of para-hydroxylation sites is 1. The predicted molar refractivity (Wildman–Crippen MR) is 92.7 cm³/mol. The fourth-order valence-electron chi connectivity index (χ4n) is 2.78. The normalized spacial score (nSPS) is 17.3. The van der Waals surface area contributed by atoms with E-state index in [4.69, 9.17) is 0 Å². The molecule has 1 aliphatic rings. The molecule has 24 heavy (non-hydrogen) atoms. The molecule has 6 nitrogen and oxygen atoms in total. The van der Waals surface area contributed by atoms with E-state index < -0.39 is 0 Å². The third-order valence-electron chi connectivity index (χ3n) is 4.18. The lowest BCUT2D eigenvalue weighted by Crippen LogP contribution is -2.39. The van der Waals surface area contributed by atoms with E-state index in [-0.39, 0.29) is 23.6 Å². The molecule has 0 bridgehead atoms. The van der Waals surface area contributed by atoms with E-state index in [0.29, 0.717) is 11.3 Å². The maximum Gasteiger partial charge on any atom is 0.222 e. The van der Waals surface area contributed by atoms with Gasteiger partial charge in [0.25, 0.3) is 0 Å². The number of phenolic OH excluding ortho intramolecular Hbond substituents is 1. The second-order valence-corrected chi connectivity index (χ2v) is 6.37. The van der Waals surface area contributed by atoms with Crippen LogP contribution in [0.1, 0.15) is 20.3 Å². The minimum Gasteiger partial charge on any atom is -0.507 e. The van der Waals surface area contributed by atoms with Crippen LogP contribution in [0.25, 0.3) is 11.3 Å². The first-order valence-corrected chi connectivity index (χ1v) is 8.20. The molecule has 0 aliphatic carbocycles. The molecule has 1 aromatic heterocycles. The molecular formula is C18H22N4O2. The first-order valence-electron chi connectivity index (χ1n) is 8.20.